The molecule has 0 rings (SSSR count). The molecular formula is C12H20O2. The number of rotatable bonds is 6. The molecule has 0 spiro atoms. The molecule has 0 heterocycles. The van der Waals surface area contributed by atoms with Crippen LogP contribution in [0.3, 0.4) is 0 Å². The molecule has 0 aromatic rings. The van der Waals surface area contributed by atoms with Crippen molar-refractivity contribution >= 4 is 6.29 Å². The molecule has 0 bridgehead atoms. The molecule has 0 fully saturated rings. The Morgan fingerprint density at radius 3 is 2.50 bits per heavy atom. The number of aliphatic hydroxyl groups excluding tert-OH is 1. The van der Waals surface area contributed by atoms with Gasteiger partial charge in [-0.3, -0.25) is 0 Å². The Labute approximate surface area is 86.3 Å². The van der Waals surface area contributed by atoms with Crippen LogP contribution in [0, 0.1) is 0 Å². The summed E-state index contributed by atoms with van der Waals surface area (Å²) in [4.78, 5) is 10.1. The lowest BCUT2D eigenvalue weighted by molar-refractivity contribution is -0.109. The predicted molar refractivity (Wildman–Crippen MR) is 59.1 cm³/mol. The molecular weight excluding hydrogens is 176 g/mol. The first-order valence-corrected chi connectivity index (χ1v) is 4.98. The third-order valence-electron chi connectivity index (χ3n) is 1.91. The number of aldehydes is 1. The van der Waals surface area contributed by atoms with E-state index in [0.717, 1.165) is 24.7 Å². The number of carbonyl (C=O) groups excluding carboxylic acids is 1. The van der Waals surface area contributed by atoms with E-state index < -0.39 is 6.10 Å². The zero-order valence-corrected chi connectivity index (χ0v) is 9.29. The molecule has 0 amide bonds. The van der Waals surface area contributed by atoms with E-state index in [0.29, 0.717) is 0 Å². The minimum Gasteiger partial charge on any atom is -0.389 e. The minimum absolute atomic E-state index is 0.194. The van der Waals surface area contributed by atoms with Gasteiger partial charge in [-0.05, 0) is 33.6 Å². The van der Waals surface area contributed by atoms with Gasteiger partial charge >= 0.3 is 0 Å². The number of aliphatic hydroxyl groups is 1. The van der Waals surface area contributed by atoms with Crippen LogP contribution in [0.25, 0.3) is 0 Å². The summed E-state index contributed by atoms with van der Waals surface area (Å²) in [7, 11) is 0. The van der Waals surface area contributed by atoms with Gasteiger partial charge in [0.05, 0.1) is 6.10 Å². The number of hydrogen-bond donors (Lipinski definition) is 1. The van der Waals surface area contributed by atoms with Gasteiger partial charge in [-0.2, -0.15) is 0 Å². The van der Waals surface area contributed by atoms with Crippen LogP contribution in [0.5, 0.6) is 0 Å². The van der Waals surface area contributed by atoms with E-state index in [-0.39, 0.29) is 6.42 Å². The predicted octanol–water partition coefficient (Wildman–Crippen LogP) is 2.63. The molecule has 0 saturated heterocycles. The van der Waals surface area contributed by atoms with Crippen molar-refractivity contribution in [3.63, 3.8) is 0 Å². The largest absolute Gasteiger partial charge is 0.389 e. The molecule has 2 heteroatoms. The average molecular weight is 196 g/mol. The van der Waals surface area contributed by atoms with Crippen LogP contribution in [0.15, 0.2) is 23.3 Å². The monoisotopic (exact) mass is 196 g/mol. The summed E-state index contributed by atoms with van der Waals surface area (Å²) in [5, 5.41) is 9.31. The van der Waals surface area contributed by atoms with Gasteiger partial charge < -0.3 is 9.90 Å². The van der Waals surface area contributed by atoms with Crippen LogP contribution in [0.4, 0.5) is 0 Å². The molecule has 1 atom stereocenters. The molecule has 0 saturated carbocycles. The fourth-order valence-corrected chi connectivity index (χ4v) is 1.17. The SMILES string of the molecule is CC(C)=CCC/C(C)=C\C(O)CC=O. The molecule has 1 unspecified atom stereocenters. The Morgan fingerprint density at radius 2 is 2.00 bits per heavy atom. The summed E-state index contributed by atoms with van der Waals surface area (Å²) in [5.41, 5.74) is 2.45. The van der Waals surface area contributed by atoms with E-state index >= 15 is 0 Å². The first kappa shape index (κ1) is 13.1. The highest BCUT2D eigenvalue weighted by Crippen LogP contribution is 2.08. The van der Waals surface area contributed by atoms with E-state index in [1.54, 1.807) is 6.08 Å². The highest BCUT2D eigenvalue weighted by atomic mass is 16.3. The zero-order valence-electron chi connectivity index (χ0n) is 9.29. The lowest BCUT2D eigenvalue weighted by Crippen LogP contribution is -2.03. The number of carbonyl (C=O) groups is 1. The second-order valence-corrected chi connectivity index (χ2v) is 3.80. The lowest BCUT2D eigenvalue weighted by Gasteiger charge is -2.03. The number of allylic oxidation sites excluding steroid dienone is 3. The van der Waals surface area contributed by atoms with Crippen molar-refractivity contribution in [1.82, 2.24) is 0 Å². The van der Waals surface area contributed by atoms with Crippen molar-refractivity contribution < 1.29 is 9.90 Å². The Hall–Kier alpha value is -0.890. The summed E-state index contributed by atoms with van der Waals surface area (Å²) in [6.45, 7) is 6.12. The topological polar surface area (TPSA) is 37.3 Å². The summed E-state index contributed by atoms with van der Waals surface area (Å²) >= 11 is 0. The summed E-state index contributed by atoms with van der Waals surface area (Å²) in [6, 6.07) is 0. The van der Waals surface area contributed by atoms with Crippen LogP contribution >= 0.6 is 0 Å². The van der Waals surface area contributed by atoms with Gasteiger partial charge in [-0.1, -0.05) is 23.3 Å². The Morgan fingerprint density at radius 1 is 1.36 bits per heavy atom. The van der Waals surface area contributed by atoms with Gasteiger partial charge in [-0.15, -0.1) is 0 Å². The molecule has 80 valence electrons. The molecule has 0 radical (unpaired) electrons. The van der Waals surface area contributed by atoms with E-state index in [2.05, 4.69) is 19.9 Å². The fraction of sp³-hybridized carbons (Fsp3) is 0.583. The second kappa shape index (κ2) is 7.51. The molecule has 0 aliphatic carbocycles. The van der Waals surface area contributed by atoms with Gasteiger partial charge in [0.25, 0.3) is 0 Å². The van der Waals surface area contributed by atoms with Gasteiger partial charge in [-0.25, -0.2) is 0 Å². The molecule has 0 aliphatic heterocycles. The Bertz CT molecular complexity index is 222. The van der Waals surface area contributed by atoms with Crippen molar-refractivity contribution in [2.45, 2.75) is 46.1 Å². The molecule has 2 nitrogen and oxygen atoms in total. The van der Waals surface area contributed by atoms with Gasteiger partial charge in [0.1, 0.15) is 6.29 Å². The normalized spacial score (nSPS) is 13.6. The summed E-state index contributed by atoms with van der Waals surface area (Å²) in [5.74, 6) is 0. The smallest absolute Gasteiger partial charge is 0.122 e. The maximum absolute atomic E-state index is 10.1. The van der Waals surface area contributed by atoms with E-state index in [1.165, 1.54) is 5.57 Å². The van der Waals surface area contributed by atoms with E-state index in [9.17, 15) is 9.90 Å². The Balaban J connectivity index is 3.88. The highest BCUT2D eigenvalue weighted by molar-refractivity contribution is 5.50. The van der Waals surface area contributed by atoms with E-state index in [4.69, 9.17) is 0 Å². The van der Waals surface area contributed by atoms with Crippen LogP contribution in [-0.4, -0.2) is 17.5 Å². The molecule has 1 N–H and O–H groups in total. The van der Waals surface area contributed by atoms with Crippen molar-refractivity contribution in [2.24, 2.45) is 0 Å². The van der Waals surface area contributed by atoms with Crippen LogP contribution in [-0.2, 0) is 4.79 Å². The number of hydrogen-bond acceptors (Lipinski definition) is 2. The van der Waals surface area contributed by atoms with Gasteiger partial charge in [0.2, 0.25) is 0 Å². The average Bonchev–Trinajstić information content (AvgIpc) is 2.03. The van der Waals surface area contributed by atoms with Crippen LogP contribution in [0.2, 0.25) is 0 Å². The molecule has 0 aliphatic rings. The fourth-order valence-electron chi connectivity index (χ4n) is 1.17. The summed E-state index contributed by atoms with van der Waals surface area (Å²) < 4.78 is 0. The van der Waals surface area contributed by atoms with Crippen molar-refractivity contribution in [3.05, 3.63) is 23.3 Å². The molecule has 0 aromatic heterocycles. The molecule has 0 aromatic carbocycles. The standard InChI is InChI=1S/C12H20O2/c1-10(2)5-4-6-11(3)9-12(14)7-8-13/h5,8-9,12,14H,4,6-7H2,1-3H3/b11-9-. The lowest BCUT2D eigenvalue weighted by atomic mass is 10.1. The van der Waals surface area contributed by atoms with Crippen molar-refractivity contribution in [3.8, 4) is 0 Å². The second-order valence-electron chi connectivity index (χ2n) is 3.80. The third-order valence-corrected chi connectivity index (χ3v) is 1.91. The first-order chi connectivity index (χ1) is 6.56. The zero-order chi connectivity index (χ0) is 11.0. The first-order valence-electron chi connectivity index (χ1n) is 4.98. The highest BCUT2D eigenvalue weighted by Gasteiger charge is 1.98. The van der Waals surface area contributed by atoms with Gasteiger partial charge in [0.15, 0.2) is 0 Å². The summed E-state index contributed by atoms with van der Waals surface area (Å²) in [6.07, 6.45) is 6.19. The maximum atomic E-state index is 10.1. The quantitative estimate of drug-likeness (QED) is 0.524. The maximum Gasteiger partial charge on any atom is 0.122 e. The Kier molecular flexibility index (Phi) is 7.03. The van der Waals surface area contributed by atoms with Crippen molar-refractivity contribution in [2.75, 3.05) is 0 Å². The third kappa shape index (κ3) is 7.74. The van der Waals surface area contributed by atoms with Gasteiger partial charge in [0, 0.05) is 6.42 Å². The van der Waals surface area contributed by atoms with Crippen LogP contribution < -0.4 is 0 Å². The minimum atomic E-state index is -0.612. The van der Waals surface area contributed by atoms with Crippen molar-refractivity contribution in [1.29, 1.82) is 0 Å². The molecule has 14 heavy (non-hydrogen) atoms. The van der Waals surface area contributed by atoms with E-state index in [1.807, 2.05) is 6.92 Å². The van der Waals surface area contributed by atoms with Crippen LogP contribution in [0.1, 0.15) is 40.0 Å².